The lowest BCUT2D eigenvalue weighted by atomic mass is 9.75. The van der Waals surface area contributed by atoms with Crippen LogP contribution in [0.5, 0.6) is 11.5 Å². The Bertz CT molecular complexity index is 1340. The molecule has 2 aliphatic carbocycles. The van der Waals surface area contributed by atoms with Gasteiger partial charge in [-0.3, -0.25) is 4.79 Å². The normalized spacial score (nSPS) is 20.7. The number of aliphatic carboxylic acids is 1. The van der Waals surface area contributed by atoms with E-state index in [9.17, 15) is 9.90 Å². The molecule has 0 amide bonds. The molecule has 4 nitrogen and oxygen atoms in total. The smallest absolute Gasteiger partial charge is 0.306 e. The Morgan fingerprint density at radius 3 is 2.53 bits per heavy atom. The van der Waals surface area contributed by atoms with Gasteiger partial charge in [-0.05, 0) is 101 Å². The summed E-state index contributed by atoms with van der Waals surface area (Å²) in [5.41, 5.74) is 6.09. The molecule has 0 spiro atoms. The van der Waals surface area contributed by atoms with Crippen molar-refractivity contribution in [3.8, 4) is 22.6 Å². The molecule has 0 aliphatic heterocycles. The first kappa shape index (κ1) is 26.3. The van der Waals surface area contributed by atoms with E-state index in [-0.39, 0.29) is 17.2 Å². The average Bonchev–Trinajstić information content (AvgIpc) is 3.49. The van der Waals surface area contributed by atoms with Crippen LogP contribution in [0.25, 0.3) is 11.1 Å². The van der Waals surface area contributed by atoms with Gasteiger partial charge < -0.3 is 14.6 Å². The number of methoxy groups -OCH3 is 1. The second kappa shape index (κ2) is 10.4. The lowest BCUT2D eigenvalue weighted by Gasteiger charge is -2.30. The van der Waals surface area contributed by atoms with Gasteiger partial charge in [-0.2, -0.15) is 0 Å². The quantitative estimate of drug-likeness (QED) is 0.328. The standard InChI is InChI=1S/C33H37FO4/c1-20(32(35)36)25-13-9-22-8-10-24(18-27(22)25)38-19-21-7-12-26(29-17-23(37-4)11-14-31(29)34)28(16-21)30-6-5-15-33(30,2)3/h7-8,10-12,14,16-18,20,25,30H,5-6,9,13,15,19H2,1-4H3,(H,35,36)/t20-,25+,30?/m0/s1. The minimum Gasteiger partial charge on any atom is -0.497 e. The predicted octanol–water partition coefficient (Wildman–Crippen LogP) is 8.12. The van der Waals surface area contributed by atoms with Gasteiger partial charge in [-0.1, -0.05) is 51.5 Å². The molecule has 5 rings (SSSR count). The summed E-state index contributed by atoms with van der Waals surface area (Å²) in [6.45, 7) is 6.78. The van der Waals surface area contributed by atoms with Crippen LogP contribution in [0.15, 0.2) is 54.6 Å². The van der Waals surface area contributed by atoms with Crippen LogP contribution in [-0.2, 0) is 17.8 Å². The Labute approximate surface area is 224 Å². The molecule has 0 saturated heterocycles. The Morgan fingerprint density at radius 2 is 1.82 bits per heavy atom. The highest BCUT2D eigenvalue weighted by atomic mass is 19.1. The van der Waals surface area contributed by atoms with Crippen LogP contribution >= 0.6 is 0 Å². The van der Waals surface area contributed by atoms with Crippen molar-refractivity contribution >= 4 is 5.97 Å². The highest BCUT2D eigenvalue weighted by Crippen LogP contribution is 2.51. The molecule has 3 aromatic carbocycles. The zero-order chi connectivity index (χ0) is 27.0. The topological polar surface area (TPSA) is 55.8 Å². The lowest BCUT2D eigenvalue weighted by Crippen LogP contribution is -2.17. The summed E-state index contributed by atoms with van der Waals surface area (Å²) < 4.78 is 26.7. The van der Waals surface area contributed by atoms with Gasteiger partial charge in [0.05, 0.1) is 13.0 Å². The van der Waals surface area contributed by atoms with Crippen molar-refractivity contribution in [2.75, 3.05) is 7.11 Å². The number of carbonyl (C=O) groups is 1. The molecular formula is C33H37FO4. The molecule has 0 heterocycles. The van der Waals surface area contributed by atoms with E-state index >= 15 is 4.39 Å². The van der Waals surface area contributed by atoms with E-state index in [1.54, 1.807) is 26.2 Å². The van der Waals surface area contributed by atoms with Crippen molar-refractivity contribution < 1.29 is 23.8 Å². The molecule has 0 bridgehead atoms. The molecule has 200 valence electrons. The van der Waals surface area contributed by atoms with Crippen LogP contribution in [0.3, 0.4) is 0 Å². The molecule has 38 heavy (non-hydrogen) atoms. The molecule has 1 fully saturated rings. The number of carboxylic acid groups (broad SMARTS) is 1. The molecule has 5 heteroatoms. The molecule has 0 aromatic heterocycles. The summed E-state index contributed by atoms with van der Waals surface area (Å²) in [7, 11) is 1.60. The number of benzene rings is 3. The van der Waals surface area contributed by atoms with Crippen LogP contribution in [0.2, 0.25) is 0 Å². The number of fused-ring (bicyclic) bond motifs is 1. The summed E-state index contributed by atoms with van der Waals surface area (Å²) in [5.74, 6) is 0.282. The van der Waals surface area contributed by atoms with Gasteiger partial charge in [-0.15, -0.1) is 0 Å². The van der Waals surface area contributed by atoms with Gasteiger partial charge in [0.15, 0.2) is 0 Å². The summed E-state index contributed by atoms with van der Waals surface area (Å²) in [6, 6.07) is 17.2. The van der Waals surface area contributed by atoms with Crippen LogP contribution in [0, 0.1) is 17.2 Å². The second-order valence-corrected chi connectivity index (χ2v) is 11.6. The van der Waals surface area contributed by atoms with Crippen molar-refractivity contribution in [3.63, 3.8) is 0 Å². The summed E-state index contributed by atoms with van der Waals surface area (Å²) in [5, 5.41) is 9.53. The summed E-state index contributed by atoms with van der Waals surface area (Å²) in [6.07, 6.45) is 5.13. The van der Waals surface area contributed by atoms with Crippen molar-refractivity contribution in [2.24, 2.45) is 11.3 Å². The fraction of sp³-hybridized carbons (Fsp3) is 0.424. The second-order valence-electron chi connectivity index (χ2n) is 11.6. The zero-order valence-electron chi connectivity index (χ0n) is 22.7. The molecular weight excluding hydrogens is 479 g/mol. The van der Waals surface area contributed by atoms with Gasteiger partial charge >= 0.3 is 5.97 Å². The summed E-state index contributed by atoms with van der Waals surface area (Å²) >= 11 is 0. The van der Waals surface area contributed by atoms with E-state index in [1.165, 1.54) is 11.6 Å². The first-order chi connectivity index (χ1) is 18.2. The Kier molecular flexibility index (Phi) is 7.21. The maximum absolute atomic E-state index is 15.1. The Balaban J connectivity index is 1.45. The SMILES string of the molecule is COc1ccc(F)c(-c2ccc(COc3ccc4c(c3)[C@@H]([C@H](C)C(=O)O)CC4)cc2C2CCCC2(C)C)c1. The van der Waals surface area contributed by atoms with Gasteiger partial charge in [-0.25, -0.2) is 4.39 Å². The molecule has 1 unspecified atom stereocenters. The number of carboxylic acids is 1. The Hall–Kier alpha value is -3.34. The third-order valence-electron chi connectivity index (χ3n) is 8.85. The molecule has 3 aromatic rings. The van der Waals surface area contributed by atoms with Gasteiger partial charge in [0, 0.05) is 5.56 Å². The predicted molar refractivity (Wildman–Crippen MR) is 147 cm³/mol. The number of hydrogen-bond acceptors (Lipinski definition) is 3. The van der Waals surface area contributed by atoms with Gasteiger partial charge in [0.1, 0.15) is 23.9 Å². The van der Waals surface area contributed by atoms with E-state index in [4.69, 9.17) is 9.47 Å². The first-order valence-electron chi connectivity index (χ1n) is 13.6. The van der Waals surface area contributed by atoms with E-state index in [0.29, 0.717) is 23.8 Å². The highest BCUT2D eigenvalue weighted by Gasteiger charge is 2.37. The minimum absolute atomic E-state index is 0.0132. The number of hydrogen-bond donors (Lipinski definition) is 1. The molecule has 0 radical (unpaired) electrons. The van der Waals surface area contributed by atoms with Crippen molar-refractivity contribution in [1.29, 1.82) is 0 Å². The Morgan fingerprint density at radius 1 is 1.03 bits per heavy atom. The number of aryl methyl sites for hydroxylation is 1. The fourth-order valence-corrected chi connectivity index (χ4v) is 6.54. The highest BCUT2D eigenvalue weighted by molar-refractivity contribution is 5.72. The fourth-order valence-electron chi connectivity index (χ4n) is 6.54. The molecule has 3 atom stereocenters. The lowest BCUT2D eigenvalue weighted by molar-refractivity contribution is -0.141. The van der Waals surface area contributed by atoms with Crippen molar-refractivity contribution in [1.82, 2.24) is 0 Å². The van der Waals surface area contributed by atoms with Gasteiger partial charge in [0.2, 0.25) is 0 Å². The first-order valence-corrected chi connectivity index (χ1v) is 13.6. The third kappa shape index (κ3) is 5.03. The van der Waals surface area contributed by atoms with Crippen LogP contribution in [0.4, 0.5) is 4.39 Å². The average molecular weight is 517 g/mol. The van der Waals surface area contributed by atoms with E-state index < -0.39 is 11.9 Å². The number of halogens is 1. The minimum atomic E-state index is -0.760. The molecule has 1 N–H and O–H groups in total. The van der Waals surface area contributed by atoms with Crippen molar-refractivity contribution in [2.45, 2.75) is 71.3 Å². The van der Waals surface area contributed by atoms with Crippen LogP contribution < -0.4 is 9.47 Å². The largest absolute Gasteiger partial charge is 0.497 e. The van der Waals surface area contributed by atoms with E-state index in [2.05, 4.69) is 26.0 Å². The monoisotopic (exact) mass is 516 g/mol. The van der Waals surface area contributed by atoms with Crippen molar-refractivity contribution in [3.05, 3.63) is 82.7 Å². The zero-order valence-corrected chi connectivity index (χ0v) is 22.7. The maximum atomic E-state index is 15.1. The molecule has 2 aliphatic rings. The summed E-state index contributed by atoms with van der Waals surface area (Å²) in [4.78, 5) is 11.6. The number of rotatable bonds is 8. The van der Waals surface area contributed by atoms with Gasteiger partial charge in [0.25, 0.3) is 0 Å². The van der Waals surface area contributed by atoms with Crippen LogP contribution in [-0.4, -0.2) is 18.2 Å². The third-order valence-corrected chi connectivity index (χ3v) is 8.85. The van der Waals surface area contributed by atoms with Crippen LogP contribution in [0.1, 0.15) is 80.5 Å². The van der Waals surface area contributed by atoms with E-state index in [0.717, 1.165) is 60.1 Å². The molecule has 1 saturated carbocycles. The number of ether oxygens (including phenoxy) is 2. The van der Waals surface area contributed by atoms with E-state index in [1.807, 2.05) is 24.3 Å². The maximum Gasteiger partial charge on any atom is 0.306 e.